The molecule has 2 N–H and O–H groups in total. The highest BCUT2D eigenvalue weighted by atomic mass is 16.5. The van der Waals surface area contributed by atoms with Gasteiger partial charge in [-0.2, -0.15) is 0 Å². The van der Waals surface area contributed by atoms with Crippen LogP contribution in [-0.4, -0.2) is 37.7 Å². The minimum Gasteiger partial charge on any atom is -0.385 e. The molecule has 0 aromatic carbocycles. The molecular formula is C14H23N3O2. The second-order valence-electron chi connectivity index (χ2n) is 4.22. The van der Waals surface area contributed by atoms with Crippen molar-refractivity contribution in [2.45, 2.75) is 26.7 Å². The van der Waals surface area contributed by atoms with Crippen molar-refractivity contribution in [1.29, 1.82) is 0 Å². The number of hydrogen-bond donors (Lipinski definition) is 2. The second kappa shape index (κ2) is 8.48. The Hall–Kier alpha value is -1.62. The second-order valence-corrected chi connectivity index (χ2v) is 4.22. The van der Waals surface area contributed by atoms with E-state index >= 15 is 0 Å². The van der Waals surface area contributed by atoms with Gasteiger partial charge in [0.25, 0.3) is 5.91 Å². The lowest BCUT2D eigenvalue weighted by atomic mass is 10.2. The molecule has 1 heterocycles. The Kier molecular flexibility index (Phi) is 6.89. The number of nitrogens with zero attached hydrogens (tertiary/aromatic N) is 1. The van der Waals surface area contributed by atoms with Crippen LogP contribution in [0.15, 0.2) is 12.1 Å². The number of ether oxygens (including phenoxy) is 1. The zero-order chi connectivity index (χ0) is 14.1. The summed E-state index contributed by atoms with van der Waals surface area (Å²) in [4.78, 5) is 16.4. The van der Waals surface area contributed by atoms with Crippen LogP contribution in [0, 0.1) is 0 Å². The van der Waals surface area contributed by atoms with E-state index in [1.54, 1.807) is 13.2 Å². The fourth-order valence-corrected chi connectivity index (χ4v) is 1.69. The fourth-order valence-electron chi connectivity index (χ4n) is 1.69. The van der Waals surface area contributed by atoms with Gasteiger partial charge < -0.3 is 15.4 Å². The van der Waals surface area contributed by atoms with Crippen LogP contribution in [0.1, 0.15) is 36.3 Å². The smallest absolute Gasteiger partial charge is 0.251 e. The van der Waals surface area contributed by atoms with Gasteiger partial charge >= 0.3 is 0 Å². The van der Waals surface area contributed by atoms with Crippen LogP contribution in [0.4, 0.5) is 5.82 Å². The molecule has 1 amide bonds. The van der Waals surface area contributed by atoms with Crippen molar-refractivity contribution in [3.05, 3.63) is 23.4 Å². The van der Waals surface area contributed by atoms with Crippen molar-refractivity contribution >= 4 is 11.7 Å². The van der Waals surface area contributed by atoms with Crippen LogP contribution < -0.4 is 10.6 Å². The lowest BCUT2D eigenvalue weighted by Gasteiger charge is -2.09. The molecule has 0 aliphatic heterocycles. The van der Waals surface area contributed by atoms with Gasteiger partial charge in [-0.25, -0.2) is 4.98 Å². The summed E-state index contributed by atoms with van der Waals surface area (Å²) in [7, 11) is 1.65. The first kappa shape index (κ1) is 15.4. The molecule has 0 saturated heterocycles. The number of carbonyl (C=O) groups excluding carboxylic acids is 1. The highest BCUT2D eigenvalue weighted by Gasteiger charge is 2.08. The Balaban J connectivity index is 2.69. The number of methoxy groups -OCH3 is 1. The van der Waals surface area contributed by atoms with Crippen molar-refractivity contribution in [3.63, 3.8) is 0 Å². The average molecular weight is 265 g/mol. The maximum absolute atomic E-state index is 12.0. The molecule has 0 radical (unpaired) electrons. The molecule has 0 aliphatic carbocycles. The molecule has 1 aromatic heterocycles. The van der Waals surface area contributed by atoms with Gasteiger partial charge in [0.15, 0.2) is 0 Å². The number of aryl methyl sites for hydroxylation is 1. The monoisotopic (exact) mass is 265 g/mol. The third-order valence-corrected chi connectivity index (χ3v) is 2.67. The van der Waals surface area contributed by atoms with Crippen LogP contribution in [0.3, 0.4) is 0 Å². The molecule has 106 valence electrons. The summed E-state index contributed by atoms with van der Waals surface area (Å²) < 4.78 is 4.95. The lowest BCUT2D eigenvalue weighted by molar-refractivity contribution is 0.0948. The predicted octanol–water partition coefficient (Wildman–Crippen LogP) is 1.84. The number of hydrogen-bond acceptors (Lipinski definition) is 4. The Labute approximate surface area is 114 Å². The van der Waals surface area contributed by atoms with Gasteiger partial charge in [-0.15, -0.1) is 0 Å². The molecule has 0 unspecified atom stereocenters. The number of nitrogens with one attached hydrogen (secondary N) is 2. The van der Waals surface area contributed by atoms with Crippen molar-refractivity contribution in [1.82, 2.24) is 10.3 Å². The third-order valence-electron chi connectivity index (χ3n) is 2.67. The summed E-state index contributed by atoms with van der Waals surface area (Å²) in [5.41, 5.74) is 1.57. The van der Waals surface area contributed by atoms with Gasteiger partial charge in [0.05, 0.1) is 0 Å². The van der Waals surface area contributed by atoms with Crippen molar-refractivity contribution in [2.24, 2.45) is 0 Å². The van der Waals surface area contributed by atoms with E-state index in [0.29, 0.717) is 18.7 Å². The summed E-state index contributed by atoms with van der Waals surface area (Å²) in [6, 6.07) is 3.63. The molecule has 0 saturated carbocycles. The molecule has 0 aliphatic rings. The van der Waals surface area contributed by atoms with Crippen molar-refractivity contribution < 1.29 is 9.53 Å². The highest BCUT2D eigenvalue weighted by Crippen LogP contribution is 2.11. The minimum absolute atomic E-state index is 0.0626. The van der Waals surface area contributed by atoms with Crippen LogP contribution >= 0.6 is 0 Å². The largest absolute Gasteiger partial charge is 0.385 e. The van der Waals surface area contributed by atoms with Crippen molar-refractivity contribution in [3.8, 4) is 0 Å². The summed E-state index contributed by atoms with van der Waals surface area (Å²) in [6.07, 6.45) is 1.62. The summed E-state index contributed by atoms with van der Waals surface area (Å²) >= 11 is 0. The number of amides is 1. The Morgan fingerprint density at radius 1 is 1.37 bits per heavy atom. The first-order chi connectivity index (χ1) is 9.21. The normalized spacial score (nSPS) is 10.3. The zero-order valence-corrected chi connectivity index (χ0v) is 12.0. The number of aromatic nitrogens is 1. The minimum atomic E-state index is -0.0626. The third kappa shape index (κ3) is 5.26. The van der Waals surface area contributed by atoms with Crippen LogP contribution in [0.25, 0.3) is 0 Å². The number of anilines is 1. The van der Waals surface area contributed by atoms with E-state index in [4.69, 9.17) is 4.74 Å². The van der Waals surface area contributed by atoms with E-state index in [2.05, 4.69) is 15.6 Å². The number of carbonyl (C=O) groups is 1. The van der Waals surface area contributed by atoms with E-state index in [9.17, 15) is 4.79 Å². The van der Waals surface area contributed by atoms with E-state index < -0.39 is 0 Å². The molecular weight excluding hydrogens is 242 g/mol. The number of rotatable bonds is 8. The van der Waals surface area contributed by atoms with Crippen LogP contribution in [-0.2, 0) is 11.2 Å². The van der Waals surface area contributed by atoms with E-state index in [1.165, 1.54) is 0 Å². The molecule has 1 aromatic rings. The van der Waals surface area contributed by atoms with E-state index in [1.807, 2.05) is 19.9 Å². The lowest BCUT2D eigenvalue weighted by Crippen LogP contribution is -2.25. The number of pyridine rings is 1. The van der Waals surface area contributed by atoms with Crippen LogP contribution in [0.2, 0.25) is 0 Å². The Bertz CT molecular complexity index is 408. The Morgan fingerprint density at radius 3 is 2.79 bits per heavy atom. The van der Waals surface area contributed by atoms with Gasteiger partial charge in [0.2, 0.25) is 0 Å². The average Bonchev–Trinajstić information content (AvgIpc) is 2.43. The van der Waals surface area contributed by atoms with Gasteiger partial charge in [-0.3, -0.25) is 4.79 Å². The molecule has 19 heavy (non-hydrogen) atoms. The van der Waals surface area contributed by atoms with Crippen molar-refractivity contribution in [2.75, 3.05) is 32.1 Å². The molecule has 0 atom stereocenters. The summed E-state index contributed by atoms with van der Waals surface area (Å²) in [5.74, 6) is 0.691. The first-order valence-electron chi connectivity index (χ1n) is 6.73. The fraction of sp³-hybridized carbons (Fsp3) is 0.571. The predicted molar refractivity (Wildman–Crippen MR) is 76.6 cm³/mol. The van der Waals surface area contributed by atoms with Gasteiger partial charge in [0, 0.05) is 38.1 Å². The molecule has 1 rings (SSSR count). The maximum atomic E-state index is 12.0. The van der Waals surface area contributed by atoms with Crippen LogP contribution in [0.5, 0.6) is 0 Å². The summed E-state index contributed by atoms with van der Waals surface area (Å²) in [6.45, 7) is 6.09. The van der Waals surface area contributed by atoms with E-state index in [0.717, 1.165) is 30.9 Å². The van der Waals surface area contributed by atoms with Gasteiger partial charge in [-0.1, -0.05) is 6.92 Å². The van der Waals surface area contributed by atoms with Gasteiger partial charge in [-0.05, 0) is 31.9 Å². The first-order valence-corrected chi connectivity index (χ1v) is 6.73. The maximum Gasteiger partial charge on any atom is 0.251 e. The SMILES string of the molecule is CCNc1cc(C(=O)NCCCOC)cc(CC)n1. The highest BCUT2D eigenvalue weighted by molar-refractivity contribution is 5.95. The zero-order valence-electron chi connectivity index (χ0n) is 12.0. The molecule has 5 heteroatoms. The van der Waals surface area contributed by atoms with E-state index in [-0.39, 0.29) is 5.91 Å². The molecule has 0 fully saturated rings. The molecule has 0 bridgehead atoms. The van der Waals surface area contributed by atoms with Gasteiger partial charge in [0.1, 0.15) is 5.82 Å². The molecule has 5 nitrogen and oxygen atoms in total. The Morgan fingerprint density at radius 2 is 2.16 bits per heavy atom. The quantitative estimate of drug-likeness (QED) is 0.704. The molecule has 0 spiro atoms. The topological polar surface area (TPSA) is 63.2 Å². The standard InChI is InChI=1S/C14H23N3O2/c1-4-12-9-11(10-13(17-12)15-5-2)14(18)16-7-6-8-19-3/h9-10H,4-8H2,1-3H3,(H,15,17)(H,16,18). The summed E-state index contributed by atoms with van der Waals surface area (Å²) in [5, 5.41) is 6.02.